The van der Waals surface area contributed by atoms with E-state index < -0.39 is 0 Å². The summed E-state index contributed by atoms with van der Waals surface area (Å²) in [6, 6.07) is 11.3. The van der Waals surface area contributed by atoms with E-state index in [9.17, 15) is 5.11 Å². The lowest BCUT2D eigenvalue weighted by molar-refractivity contribution is 0.470. The molecule has 3 heteroatoms. The Bertz CT molecular complexity index is 521. The molecule has 0 atom stereocenters. The number of aryl methyl sites for hydroxylation is 1. The summed E-state index contributed by atoms with van der Waals surface area (Å²) in [4.78, 5) is 8.44. The van der Waals surface area contributed by atoms with Crippen LogP contribution >= 0.6 is 0 Å². The minimum atomic E-state index is 0. The zero-order chi connectivity index (χ0) is 12.1. The van der Waals surface area contributed by atoms with Crippen LogP contribution in [-0.2, 0) is 6.54 Å². The van der Waals surface area contributed by atoms with Crippen LogP contribution in [0.4, 0.5) is 0 Å². The number of hydrogen-bond acceptors (Lipinski definition) is 3. The fraction of sp³-hybridized carbons (Fsp3) is 0.200. The first-order valence-corrected chi connectivity index (χ1v) is 5.45. The lowest BCUT2D eigenvalue weighted by Gasteiger charge is -2.01. The maximum atomic E-state index is 9.79. The van der Waals surface area contributed by atoms with Crippen molar-refractivity contribution in [1.82, 2.24) is 4.98 Å². The molecule has 0 fully saturated rings. The van der Waals surface area contributed by atoms with Gasteiger partial charge in [0.2, 0.25) is 0 Å². The third-order valence-corrected chi connectivity index (χ3v) is 2.48. The van der Waals surface area contributed by atoms with E-state index in [1.165, 1.54) is 0 Å². The van der Waals surface area contributed by atoms with Crippen molar-refractivity contribution in [3.05, 3.63) is 59.4 Å². The van der Waals surface area contributed by atoms with Gasteiger partial charge in [-0.05, 0) is 30.7 Å². The van der Waals surface area contributed by atoms with Crippen molar-refractivity contribution in [1.29, 1.82) is 0 Å². The molecular formula is C15H18N2O. The Morgan fingerprint density at radius 3 is 2.78 bits per heavy atom. The molecule has 1 heterocycles. The maximum Gasteiger partial charge on any atom is 0.127 e. The number of phenols is 1. The summed E-state index contributed by atoms with van der Waals surface area (Å²) in [5.74, 6) is 0.289. The van der Waals surface area contributed by atoms with Crippen LogP contribution in [-0.4, -0.2) is 16.3 Å². The number of benzene rings is 1. The molecule has 0 amide bonds. The van der Waals surface area contributed by atoms with Crippen LogP contribution in [0, 0.1) is 6.92 Å². The summed E-state index contributed by atoms with van der Waals surface area (Å²) in [6.45, 7) is 2.39. The van der Waals surface area contributed by atoms with E-state index in [0.717, 1.165) is 16.8 Å². The lowest BCUT2D eigenvalue weighted by atomic mass is 10.1. The van der Waals surface area contributed by atoms with Gasteiger partial charge in [-0.25, -0.2) is 0 Å². The van der Waals surface area contributed by atoms with Crippen LogP contribution in [0.2, 0.25) is 0 Å². The van der Waals surface area contributed by atoms with Crippen LogP contribution in [0.3, 0.4) is 0 Å². The zero-order valence-electron chi connectivity index (χ0n) is 9.67. The second-order valence-electron chi connectivity index (χ2n) is 3.80. The number of aliphatic imine (C=N–C) groups is 1. The monoisotopic (exact) mass is 242 g/mol. The molecule has 3 nitrogen and oxygen atoms in total. The Labute approximate surface area is 108 Å². The van der Waals surface area contributed by atoms with E-state index >= 15 is 0 Å². The number of nitrogens with zero attached hydrogens (tertiary/aromatic N) is 2. The summed E-state index contributed by atoms with van der Waals surface area (Å²) in [5.41, 5.74) is 2.50. The fourth-order valence-electron chi connectivity index (χ4n) is 1.52. The zero-order valence-corrected chi connectivity index (χ0v) is 9.67. The Morgan fingerprint density at radius 2 is 2.06 bits per heavy atom. The molecule has 1 aromatic heterocycles. The molecule has 1 N–H and O–H groups in total. The summed E-state index contributed by atoms with van der Waals surface area (Å²) in [7, 11) is 0. The van der Waals surface area contributed by atoms with Crippen molar-refractivity contribution >= 4 is 6.21 Å². The minimum absolute atomic E-state index is 0. The number of aromatic nitrogens is 1. The highest BCUT2D eigenvalue weighted by Crippen LogP contribution is 2.19. The molecule has 0 aliphatic rings. The van der Waals surface area contributed by atoms with Crippen LogP contribution in [0.5, 0.6) is 5.75 Å². The van der Waals surface area contributed by atoms with Gasteiger partial charge >= 0.3 is 0 Å². The van der Waals surface area contributed by atoms with Gasteiger partial charge in [-0.1, -0.05) is 25.6 Å². The van der Waals surface area contributed by atoms with Gasteiger partial charge in [0, 0.05) is 18.0 Å². The highest BCUT2D eigenvalue weighted by Gasteiger charge is 1.99. The van der Waals surface area contributed by atoms with E-state index in [1.807, 2.05) is 43.3 Å². The van der Waals surface area contributed by atoms with Crippen LogP contribution < -0.4 is 0 Å². The maximum absolute atomic E-state index is 9.79. The van der Waals surface area contributed by atoms with Gasteiger partial charge in [-0.15, -0.1) is 0 Å². The third kappa shape index (κ3) is 3.42. The van der Waals surface area contributed by atoms with E-state index in [-0.39, 0.29) is 13.2 Å². The smallest absolute Gasteiger partial charge is 0.127 e. The van der Waals surface area contributed by atoms with Crippen LogP contribution in [0.25, 0.3) is 0 Å². The van der Waals surface area contributed by atoms with Crippen molar-refractivity contribution in [2.45, 2.75) is 20.9 Å². The molecule has 0 radical (unpaired) electrons. The van der Waals surface area contributed by atoms with Gasteiger partial charge in [-0.3, -0.25) is 9.98 Å². The van der Waals surface area contributed by atoms with Crippen molar-refractivity contribution in [3.8, 4) is 5.75 Å². The number of para-hydroxylation sites is 1. The van der Waals surface area contributed by atoms with Crippen molar-refractivity contribution in [3.63, 3.8) is 0 Å². The Hall–Kier alpha value is -2.16. The largest absolute Gasteiger partial charge is 0.507 e. The molecule has 0 saturated carbocycles. The quantitative estimate of drug-likeness (QED) is 0.839. The summed E-state index contributed by atoms with van der Waals surface area (Å²) in [6.07, 6.45) is 3.42. The second-order valence-corrected chi connectivity index (χ2v) is 3.80. The lowest BCUT2D eigenvalue weighted by Crippen LogP contribution is -1.88. The molecule has 0 bridgehead atoms. The molecule has 0 unspecified atom stereocenters. The number of aromatic hydroxyl groups is 1. The first kappa shape index (κ1) is 13.9. The van der Waals surface area contributed by atoms with Crippen molar-refractivity contribution in [2.75, 3.05) is 0 Å². The Kier molecular flexibility index (Phi) is 5.06. The van der Waals surface area contributed by atoms with E-state index in [1.54, 1.807) is 12.4 Å². The standard InChI is InChI=1S/C14H14N2O.CH4/c1-11-5-4-6-12(14(11)17)9-15-10-13-7-2-3-8-16-13;/h2-9,17H,10H2,1H3;1H4. The number of phenolic OH excluding ortho intramolecular Hbond substituents is 1. The number of hydrogen-bond donors (Lipinski definition) is 1. The molecule has 2 rings (SSSR count). The normalized spacial score (nSPS) is 10.3. The number of rotatable bonds is 3. The molecule has 0 saturated heterocycles. The van der Waals surface area contributed by atoms with Gasteiger partial charge in [0.05, 0.1) is 12.2 Å². The average Bonchev–Trinajstić information content (AvgIpc) is 2.36. The molecule has 2 aromatic rings. The van der Waals surface area contributed by atoms with E-state index in [2.05, 4.69) is 9.98 Å². The van der Waals surface area contributed by atoms with Gasteiger partial charge in [0.1, 0.15) is 5.75 Å². The average molecular weight is 242 g/mol. The predicted octanol–water partition coefficient (Wildman–Crippen LogP) is 3.35. The van der Waals surface area contributed by atoms with E-state index in [0.29, 0.717) is 6.54 Å². The van der Waals surface area contributed by atoms with Gasteiger partial charge in [0.15, 0.2) is 0 Å². The number of pyridine rings is 1. The summed E-state index contributed by atoms with van der Waals surface area (Å²) < 4.78 is 0. The molecule has 0 aliphatic carbocycles. The second kappa shape index (κ2) is 6.55. The Morgan fingerprint density at radius 1 is 1.22 bits per heavy atom. The van der Waals surface area contributed by atoms with Crippen molar-refractivity contribution in [2.24, 2.45) is 4.99 Å². The van der Waals surface area contributed by atoms with Crippen LogP contribution in [0.15, 0.2) is 47.6 Å². The first-order valence-electron chi connectivity index (χ1n) is 5.45. The molecule has 18 heavy (non-hydrogen) atoms. The minimum Gasteiger partial charge on any atom is -0.507 e. The van der Waals surface area contributed by atoms with E-state index in [4.69, 9.17) is 0 Å². The molecule has 0 spiro atoms. The third-order valence-electron chi connectivity index (χ3n) is 2.48. The molecule has 0 aliphatic heterocycles. The van der Waals surface area contributed by atoms with Gasteiger partial charge < -0.3 is 5.11 Å². The first-order chi connectivity index (χ1) is 8.27. The molecular weight excluding hydrogens is 224 g/mol. The summed E-state index contributed by atoms with van der Waals surface area (Å²) in [5, 5.41) is 9.79. The topological polar surface area (TPSA) is 45.5 Å². The summed E-state index contributed by atoms with van der Waals surface area (Å²) >= 11 is 0. The van der Waals surface area contributed by atoms with Gasteiger partial charge in [0.25, 0.3) is 0 Å². The van der Waals surface area contributed by atoms with Crippen molar-refractivity contribution < 1.29 is 5.11 Å². The van der Waals surface area contributed by atoms with Crippen LogP contribution in [0.1, 0.15) is 24.2 Å². The Balaban J connectivity index is 0.00000162. The highest BCUT2D eigenvalue weighted by molar-refractivity contribution is 5.83. The molecule has 94 valence electrons. The van der Waals surface area contributed by atoms with Gasteiger partial charge in [-0.2, -0.15) is 0 Å². The predicted molar refractivity (Wildman–Crippen MR) is 75.1 cm³/mol. The molecule has 1 aromatic carbocycles. The fourth-order valence-corrected chi connectivity index (χ4v) is 1.52. The highest BCUT2D eigenvalue weighted by atomic mass is 16.3. The SMILES string of the molecule is C.Cc1cccc(C=NCc2ccccn2)c1O.